The van der Waals surface area contributed by atoms with E-state index < -0.39 is 9.84 Å². The van der Waals surface area contributed by atoms with Crippen LogP contribution in [0.3, 0.4) is 0 Å². The average Bonchev–Trinajstić information content (AvgIpc) is 3.02. The molecule has 0 unspecified atom stereocenters. The van der Waals surface area contributed by atoms with Crippen molar-refractivity contribution < 1.29 is 8.42 Å². The van der Waals surface area contributed by atoms with E-state index in [0.717, 1.165) is 10.0 Å². The molecule has 29 heavy (non-hydrogen) atoms. The lowest BCUT2D eigenvalue weighted by Crippen LogP contribution is -2.14. The summed E-state index contributed by atoms with van der Waals surface area (Å²) < 4.78 is 27.2. The van der Waals surface area contributed by atoms with Gasteiger partial charge in [0.15, 0.2) is 15.7 Å². The minimum atomic E-state index is -3.36. The normalized spacial score (nSPS) is 12.3. The van der Waals surface area contributed by atoms with Crippen molar-refractivity contribution in [2.24, 2.45) is 0 Å². The first-order valence-corrected chi connectivity index (χ1v) is 12.4. The fourth-order valence-electron chi connectivity index (χ4n) is 2.69. The van der Waals surface area contributed by atoms with Crippen molar-refractivity contribution in [3.63, 3.8) is 0 Å². The Morgan fingerprint density at radius 2 is 1.66 bits per heavy atom. The summed E-state index contributed by atoms with van der Waals surface area (Å²) in [5.74, 6) is 7.02. The van der Waals surface area contributed by atoms with Gasteiger partial charge in [-0.2, -0.15) is 0 Å². The number of sulfone groups is 1. The Morgan fingerprint density at radius 1 is 1.03 bits per heavy atom. The molecule has 1 aromatic heterocycles. The van der Waals surface area contributed by atoms with E-state index in [2.05, 4.69) is 59.0 Å². The van der Waals surface area contributed by atoms with Crippen LogP contribution in [-0.4, -0.2) is 34.8 Å². The highest BCUT2D eigenvalue weighted by Gasteiger charge is 2.18. The van der Waals surface area contributed by atoms with Gasteiger partial charge in [0.2, 0.25) is 5.16 Å². The Kier molecular flexibility index (Phi) is 6.40. The molecule has 154 valence electrons. The van der Waals surface area contributed by atoms with Gasteiger partial charge in [-0.3, -0.25) is 0 Å². The summed E-state index contributed by atoms with van der Waals surface area (Å²) in [6.07, 6.45) is 0. The monoisotopic (exact) mass is 494 g/mol. The highest BCUT2D eigenvalue weighted by atomic mass is 79.9. The molecule has 0 radical (unpaired) electrons. The number of halogens is 1. The van der Waals surface area contributed by atoms with Crippen LogP contribution >= 0.6 is 27.7 Å². The third-order valence-corrected chi connectivity index (χ3v) is 7.89. The van der Waals surface area contributed by atoms with Gasteiger partial charge >= 0.3 is 0 Å². The van der Waals surface area contributed by atoms with E-state index in [1.54, 1.807) is 24.3 Å². The summed E-state index contributed by atoms with van der Waals surface area (Å²) in [5.41, 5.74) is 2.15. The second-order valence-corrected chi connectivity index (χ2v) is 11.7. The van der Waals surface area contributed by atoms with Gasteiger partial charge in [-0.15, -0.1) is 10.2 Å². The second-order valence-electron chi connectivity index (χ2n) is 7.62. The molecule has 6 nitrogen and oxygen atoms in total. The zero-order valence-electron chi connectivity index (χ0n) is 16.5. The van der Waals surface area contributed by atoms with Crippen LogP contribution in [-0.2, 0) is 15.3 Å². The lowest BCUT2D eigenvalue weighted by molar-refractivity contribution is 0.590. The molecule has 3 aromatic rings. The maximum atomic E-state index is 12.5. The summed E-state index contributed by atoms with van der Waals surface area (Å²) in [7, 11) is -3.36. The molecular formula is C20H23BrN4O2S2. The van der Waals surface area contributed by atoms with Gasteiger partial charge in [-0.1, -0.05) is 72.7 Å². The molecule has 3 rings (SSSR count). The van der Waals surface area contributed by atoms with E-state index in [-0.39, 0.29) is 11.2 Å². The standard InChI is InChI=1S/C20H23BrN4O2S2/c1-20(2,3)15-6-4-14(5-7-15)18-23-24-19(25(18)22)28-12-13-29(26,27)17-10-8-16(21)9-11-17/h4-11H,12-13,22H2,1-3H3. The predicted molar refractivity (Wildman–Crippen MR) is 121 cm³/mol. The number of nitrogen functional groups attached to an aromatic ring is 1. The number of thioether (sulfide) groups is 1. The van der Waals surface area contributed by atoms with Crippen molar-refractivity contribution in [3.05, 3.63) is 58.6 Å². The van der Waals surface area contributed by atoms with Crippen LogP contribution < -0.4 is 5.84 Å². The van der Waals surface area contributed by atoms with Gasteiger partial charge in [0.25, 0.3) is 0 Å². The highest BCUT2D eigenvalue weighted by molar-refractivity contribution is 9.10. The zero-order chi connectivity index (χ0) is 21.2. The number of benzene rings is 2. The number of rotatable bonds is 6. The number of hydrogen-bond acceptors (Lipinski definition) is 6. The summed E-state index contributed by atoms with van der Waals surface area (Å²) in [4.78, 5) is 0.301. The van der Waals surface area contributed by atoms with Crippen LogP contribution in [0.2, 0.25) is 0 Å². The first-order valence-electron chi connectivity index (χ1n) is 9.00. The Bertz CT molecular complexity index is 1090. The molecule has 0 aliphatic rings. The van der Waals surface area contributed by atoms with Gasteiger partial charge in [-0.25, -0.2) is 13.1 Å². The fourth-order valence-corrected chi connectivity index (χ4v) is 5.46. The quantitative estimate of drug-likeness (QED) is 0.406. The van der Waals surface area contributed by atoms with Crippen molar-refractivity contribution in [1.82, 2.24) is 14.9 Å². The summed E-state index contributed by atoms with van der Waals surface area (Å²) >= 11 is 4.58. The third-order valence-electron chi connectivity index (χ3n) is 4.43. The van der Waals surface area contributed by atoms with E-state index in [4.69, 9.17) is 5.84 Å². The van der Waals surface area contributed by atoms with Gasteiger partial charge < -0.3 is 5.84 Å². The molecule has 0 spiro atoms. The largest absolute Gasteiger partial charge is 0.335 e. The van der Waals surface area contributed by atoms with Crippen LogP contribution in [0.1, 0.15) is 26.3 Å². The molecule has 0 saturated carbocycles. The summed E-state index contributed by atoms with van der Waals surface area (Å²) in [6, 6.07) is 14.7. The molecule has 0 aliphatic carbocycles. The zero-order valence-corrected chi connectivity index (χ0v) is 19.7. The van der Waals surface area contributed by atoms with Crippen molar-refractivity contribution in [3.8, 4) is 11.4 Å². The lowest BCUT2D eigenvalue weighted by Gasteiger charge is -2.19. The topological polar surface area (TPSA) is 90.9 Å². The predicted octanol–water partition coefficient (Wildman–Crippen LogP) is 4.28. The van der Waals surface area contributed by atoms with Crippen molar-refractivity contribution >= 4 is 37.5 Å². The number of aromatic nitrogens is 3. The SMILES string of the molecule is CC(C)(C)c1ccc(-c2nnc(SCCS(=O)(=O)c3ccc(Br)cc3)n2N)cc1. The van der Waals surface area contributed by atoms with Crippen molar-refractivity contribution in [2.45, 2.75) is 36.2 Å². The summed E-state index contributed by atoms with van der Waals surface area (Å²) in [5, 5.41) is 8.77. The second kappa shape index (κ2) is 8.49. The van der Waals surface area contributed by atoms with Gasteiger partial charge in [-0.05, 0) is 35.2 Å². The van der Waals surface area contributed by atoms with Crippen LogP contribution in [0.25, 0.3) is 11.4 Å². The molecule has 0 amide bonds. The molecule has 9 heteroatoms. The number of hydrogen-bond donors (Lipinski definition) is 1. The Hall–Kier alpha value is -1.84. The van der Waals surface area contributed by atoms with Crippen LogP contribution in [0.15, 0.2) is 63.1 Å². The van der Waals surface area contributed by atoms with E-state index in [1.165, 1.54) is 22.0 Å². The lowest BCUT2D eigenvalue weighted by atomic mass is 9.87. The first-order chi connectivity index (χ1) is 13.6. The minimum absolute atomic E-state index is 0.0121. The molecule has 1 heterocycles. The number of nitrogens with zero attached hydrogens (tertiary/aromatic N) is 3. The minimum Gasteiger partial charge on any atom is -0.335 e. The smallest absolute Gasteiger partial charge is 0.210 e. The molecule has 0 atom stereocenters. The molecule has 0 saturated heterocycles. The van der Waals surface area contributed by atoms with Crippen molar-refractivity contribution in [1.29, 1.82) is 0 Å². The molecule has 2 N–H and O–H groups in total. The van der Waals surface area contributed by atoms with Crippen LogP contribution in [0.5, 0.6) is 0 Å². The van der Waals surface area contributed by atoms with Gasteiger partial charge in [0.05, 0.1) is 10.6 Å². The average molecular weight is 495 g/mol. The third kappa shape index (κ3) is 5.21. The molecule has 0 bridgehead atoms. The van der Waals surface area contributed by atoms with Gasteiger partial charge in [0.1, 0.15) is 0 Å². The Labute approximate surface area is 183 Å². The van der Waals surface area contributed by atoms with Crippen LogP contribution in [0, 0.1) is 0 Å². The first kappa shape index (κ1) is 21.9. The maximum Gasteiger partial charge on any atom is 0.210 e. The van der Waals surface area contributed by atoms with E-state index in [0.29, 0.717) is 21.6 Å². The highest BCUT2D eigenvalue weighted by Crippen LogP contribution is 2.27. The van der Waals surface area contributed by atoms with E-state index in [1.807, 2.05) is 12.1 Å². The molecule has 0 fully saturated rings. The number of nitrogens with two attached hydrogens (primary N) is 1. The summed E-state index contributed by atoms with van der Waals surface area (Å²) in [6.45, 7) is 6.47. The van der Waals surface area contributed by atoms with E-state index in [9.17, 15) is 8.42 Å². The molecule has 0 aliphatic heterocycles. The fraction of sp³-hybridized carbons (Fsp3) is 0.300. The van der Waals surface area contributed by atoms with E-state index >= 15 is 0 Å². The molecular weight excluding hydrogens is 472 g/mol. The van der Waals surface area contributed by atoms with Crippen LogP contribution in [0.4, 0.5) is 0 Å². The maximum absolute atomic E-state index is 12.5. The van der Waals surface area contributed by atoms with Crippen molar-refractivity contribution in [2.75, 3.05) is 17.3 Å². The Balaban J connectivity index is 1.68. The molecule has 2 aromatic carbocycles. The van der Waals surface area contributed by atoms with Gasteiger partial charge in [0, 0.05) is 15.8 Å². The Morgan fingerprint density at radius 3 is 2.24 bits per heavy atom.